The molecule has 0 unspecified atom stereocenters. The van der Waals surface area contributed by atoms with Crippen LogP contribution in [0.15, 0.2) is 53.7 Å². The Bertz CT molecular complexity index is 934. The lowest BCUT2D eigenvalue weighted by Crippen LogP contribution is -2.11. The number of nitrogens with zero attached hydrogens (tertiary/aromatic N) is 2. The predicted octanol–water partition coefficient (Wildman–Crippen LogP) is 6.50. The zero-order valence-corrected chi connectivity index (χ0v) is 18.9. The first-order valence-corrected chi connectivity index (χ1v) is 11.5. The maximum absolute atomic E-state index is 12.7. The third-order valence-electron chi connectivity index (χ3n) is 4.32. The van der Waals surface area contributed by atoms with Crippen LogP contribution in [-0.2, 0) is 10.0 Å². The second-order valence-electron chi connectivity index (χ2n) is 6.80. The van der Waals surface area contributed by atoms with E-state index < -0.39 is 10.0 Å². The first-order valence-electron chi connectivity index (χ1n) is 10.1. The Morgan fingerprint density at radius 3 is 1.86 bits per heavy atom. The van der Waals surface area contributed by atoms with E-state index in [1.54, 1.807) is 30.3 Å². The van der Waals surface area contributed by atoms with Gasteiger partial charge < -0.3 is 0 Å². The molecule has 0 saturated heterocycles. The van der Waals surface area contributed by atoms with Gasteiger partial charge in [-0.2, -0.15) is 0 Å². The van der Waals surface area contributed by atoms with Crippen molar-refractivity contribution in [3.63, 3.8) is 0 Å². The van der Waals surface area contributed by atoms with E-state index in [0.29, 0.717) is 11.0 Å². The van der Waals surface area contributed by atoms with E-state index in [-0.39, 0.29) is 4.90 Å². The van der Waals surface area contributed by atoms with Gasteiger partial charge in [0.25, 0.3) is 10.0 Å². The molecule has 1 aromatic heterocycles. The largest absolute Gasteiger partial charge is 0.269 e. The Morgan fingerprint density at radius 2 is 1.36 bits per heavy atom. The lowest BCUT2D eigenvalue weighted by Gasteiger charge is -2.07. The van der Waals surface area contributed by atoms with Crippen LogP contribution in [0.2, 0.25) is 0 Å². The van der Waals surface area contributed by atoms with E-state index in [2.05, 4.69) is 32.7 Å². The van der Waals surface area contributed by atoms with Crippen molar-refractivity contribution in [3.05, 3.63) is 59.9 Å². The van der Waals surface area contributed by atoms with Crippen LogP contribution in [0.1, 0.15) is 64.5 Å². The van der Waals surface area contributed by atoms with Crippen LogP contribution in [0.4, 0.5) is 0 Å². The van der Waals surface area contributed by atoms with E-state index >= 15 is 0 Å². The highest BCUT2D eigenvalue weighted by Crippen LogP contribution is 2.22. The summed E-state index contributed by atoms with van der Waals surface area (Å²) in [6, 6.07) is 12.3. The normalized spacial score (nSPS) is 10.6. The van der Waals surface area contributed by atoms with Crippen LogP contribution < -0.4 is 0 Å². The highest BCUT2D eigenvalue weighted by atomic mass is 32.2. The molecule has 0 radical (unpaired) electrons. The first-order chi connectivity index (χ1) is 13.3. The van der Waals surface area contributed by atoms with Crippen molar-refractivity contribution in [1.29, 1.82) is 0 Å². The number of imidazole rings is 1. The standard InChI is InChI=1S/C15H14N2O2S.2C4H10/c1-11-6-8-13(9-7-11)20(18,19)17-10-16-15-12(2)4-3-5-14(15)17;2*1-3-4-2/h3-10H,1-2H3;2*3-4H2,1-2H3. The van der Waals surface area contributed by atoms with Crippen molar-refractivity contribution in [2.45, 2.75) is 72.1 Å². The van der Waals surface area contributed by atoms with Gasteiger partial charge in [0.1, 0.15) is 6.33 Å². The minimum Gasteiger partial charge on any atom is -0.235 e. The average Bonchev–Trinajstić information content (AvgIpc) is 3.15. The lowest BCUT2D eigenvalue weighted by atomic mass is 10.2. The summed E-state index contributed by atoms with van der Waals surface area (Å²) < 4.78 is 26.5. The molecular formula is C23H34N2O2S. The van der Waals surface area contributed by atoms with Gasteiger partial charge in [-0.05, 0) is 37.6 Å². The molecule has 0 aliphatic heterocycles. The summed E-state index contributed by atoms with van der Waals surface area (Å²) in [7, 11) is -3.60. The molecule has 4 nitrogen and oxygen atoms in total. The Morgan fingerprint density at radius 1 is 0.821 bits per heavy atom. The number of rotatable bonds is 4. The van der Waals surface area contributed by atoms with E-state index in [1.807, 2.05) is 26.0 Å². The van der Waals surface area contributed by atoms with Gasteiger partial charge in [-0.25, -0.2) is 17.4 Å². The molecule has 1 heterocycles. The van der Waals surface area contributed by atoms with Gasteiger partial charge in [-0.15, -0.1) is 0 Å². The second kappa shape index (κ2) is 11.6. The molecule has 0 N–H and O–H groups in total. The fourth-order valence-corrected chi connectivity index (χ4v) is 3.46. The SMILES string of the molecule is CCCC.CCCC.Cc1ccc(S(=O)(=O)n2cnc3c(C)cccc32)cc1. The first kappa shape index (κ1) is 23.9. The van der Waals surface area contributed by atoms with Gasteiger partial charge in [0.05, 0.1) is 15.9 Å². The van der Waals surface area contributed by atoms with Gasteiger partial charge in [0.15, 0.2) is 0 Å². The van der Waals surface area contributed by atoms with Crippen molar-refractivity contribution < 1.29 is 8.42 Å². The van der Waals surface area contributed by atoms with Crippen LogP contribution in [0.25, 0.3) is 11.0 Å². The number of unbranched alkanes of at least 4 members (excludes halogenated alkanes) is 2. The maximum atomic E-state index is 12.7. The van der Waals surface area contributed by atoms with Gasteiger partial charge in [0, 0.05) is 0 Å². The molecule has 0 aliphatic rings. The molecule has 0 saturated carbocycles. The number of fused-ring (bicyclic) bond motifs is 1. The molecule has 0 aliphatic carbocycles. The van der Waals surface area contributed by atoms with E-state index in [0.717, 1.165) is 11.1 Å². The van der Waals surface area contributed by atoms with E-state index in [4.69, 9.17) is 0 Å². The number of aryl methyl sites for hydroxylation is 2. The summed E-state index contributed by atoms with van der Waals surface area (Å²) in [4.78, 5) is 4.48. The predicted molar refractivity (Wildman–Crippen MR) is 119 cm³/mol. The molecule has 0 bridgehead atoms. The number of hydrogen-bond donors (Lipinski definition) is 0. The Kier molecular flexibility index (Phi) is 9.94. The second-order valence-corrected chi connectivity index (χ2v) is 8.62. The third kappa shape index (κ3) is 6.20. The maximum Gasteiger partial charge on any atom is 0.269 e. The summed E-state index contributed by atoms with van der Waals surface area (Å²) in [5.41, 5.74) is 3.30. The zero-order valence-electron chi connectivity index (χ0n) is 18.1. The molecule has 0 amide bonds. The lowest BCUT2D eigenvalue weighted by molar-refractivity contribution is 0.588. The van der Waals surface area contributed by atoms with Crippen LogP contribution in [0.3, 0.4) is 0 Å². The van der Waals surface area contributed by atoms with E-state index in [9.17, 15) is 8.42 Å². The highest BCUT2D eigenvalue weighted by Gasteiger charge is 2.19. The number of hydrogen-bond acceptors (Lipinski definition) is 3. The van der Waals surface area contributed by atoms with Gasteiger partial charge >= 0.3 is 0 Å². The molecule has 0 spiro atoms. The molecule has 28 heavy (non-hydrogen) atoms. The topological polar surface area (TPSA) is 52.0 Å². The number of benzene rings is 2. The summed E-state index contributed by atoms with van der Waals surface area (Å²) in [5, 5.41) is 0. The number of aromatic nitrogens is 2. The Balaban J connectivity index is 0.000000420. The average molecular weight is 403 g/mol. The van der Waals surface area contributed by atoms with Crippen LogP contribution in [-0.4, -0.2) is 17.4 Å². The van der Waals surface area contributed by atoms with Gasteiger partial charge in [-0.3, -0.25) is 0 Å². The molecule has 154 valence electrons. The molecule has 0 atom stereocenters. The minimum absolute atomic E-state index is 0.268. The zero-order chi connectivity index (χ0) is 21.2. The molecule has 2 aromatic carbocycles. The summed E-state index contributed by atoms with van der Waals surface area (Å²) in [6.07, 6.45) is 6.65. The van der Waals surface area contributed by atoms with Crippen molar-refractivity contribution in [1.82, 2.24) is 8.96 Å². The summed E-state index contributed by atoms with van der Waals surface area (Å²) in [6.45, 7) is 12.6. The van der Waals surface area contributed by atoms with Crippen LogP contribution >= 0.6 is 0 Å². The molecule has 5 heteroatoms. The summed E-state index contributed by atoms with van der Waals surface area (Å²) in [5.74, 6) is 0. The van der Waals surface area contributed by atoms with Crippen molar-refractivity contribution in [2.24, 2.45) is 0 Å². The molecule has 3 aromatic rings. The quantitative estimate of drug-likeness (QED) is 0.500. The monoisotopic (exact) mass is 402 g/mol. The minimum atomic E-state index is -3.60. The number of para-hydroxylation sites is 1. The van der Waals surface area contributed by atoms with Crippen molar-refractivity contribution in [3.8, 4) is 0 Å². The molecular weight excluding hydrogens is 368 g/mol. The van der Waals surface area contributed by atoms with Gasteiger partial charge in [-0.1, -0.05) is 83.2 Å². The van der Waals surface area contributed by atoms with Crippen molar-refractivity contribution in [2.75, 3.05) is 0 Å². The smallest absolute Gasteiger partial charge is 0.235 e. The van der Waals surface area contributed by atoms with Crippen LogP contribution in [0.5, 0.6) is 0 Å². The van der Waals surface area contributed by atoms with Crippen molar-refractivity contribution >= 4 is 21.1 Å². The fraction of sp³-hybridized carbons (Fsp3) is 0.435. The Hall–Kier alpha value is -2.14. The Labute approximate surface area is 170 Å². The summed E-state index contributed by atoms with van der Waals surface area (Å²) >= 11 is 0. The van der Waals surface area contributed by atoms with Crippen LogP contribution in [0, 0.1) is 13.8 Å². The van der Waals surface area contributed by atoms with Gasteiger partial charge in [0.2, 0.25) is 0 Å². The molecule has 0 fully saturated rings. The fourth-order valence-electron chi connectivity index (χ4n) is 2.18. The third-order valence-corrected chi connectivity index (χ3v) is 6.00. The molecule has 3 rings (SSSR count). The highest BCUT2D eigenvalue weighted by molar-refractivity contribution is 7.90. The van der Waals surface area contributed by atoms with E-state index in [1.165, 1.54) is 36.0 Å².